The van der Waals surface area contributed by atoms with Gasteiger partial charge in [-0.3, -0.25) is 4.79 Å². The van der Waals surface area contributed by atoms with Crippen molar-refractivity contribution < 1.29 is 13.2 Å². The van der Waals surface area contributed by atoms with E-state index in [0.717, 1.165) is 21.0 Å². The number of aryl methyl sites for hydroxylation is 1. The van der Waals surface area contributed by atoms with E-state index in [-0.39, 0.29) is 23.5 Å². The van der Waals surface area contributed by atoms with Gasteiger partial charge in [-0.2, -0.15) is 0 Å². The predicted molar refractivity (Wildman–Crippen MR) is 116 cm³/mol. The maximum absolute atomic E-state index is 13.6. The second kappa shape index (κ2) is 8.08. The summed E-state index contributed by atoms with van der Waals surface area (Å²) in [6.45, 7) is 2.25. The second-order valence-electron chi connectivity index (χ2n) is 7.25. The minimum atomic E-state index is -3.12. The van der Waals surface area contributed by atoms with Crippen molar-refractivity contribution in [2.45, 2.75) is 25.9 Å². The summed E-state index contributed by atoms with van der Waals surface area (Å²) >= 11 is 1.48. The topological polar surface area (TPSA) is 67.3 Å². The van der Waals surface area contributed by atoms with E-state index in [0.29, 0.717) is 18.7 Å². The lowest BCUT2D eigenvalue weighted by Gasteiger charge is -2.28. The average Bonchev–Trinajstić information content (AvgIpc) is 3.29. The molecule has 0 N–H and O–H groups in total. The molecule has 1 aromatic heterocycles. The van der Waals surface area contributed by atoms with Crippen molar-refractivity contribution in [1.29, 1.82) is 0 Å². The number of carbonyl (C=O) groups is 1. The van der Waals surface area contributed by atoms with Crippen molar-refractivity contribution in [2.24, 2.45) is 0 Å². The van der Waals surface area contributed by atoms with Gasteiger partial charge in [-0.05, 0) is 24.5 Å². The number of sulfone groups is 1. The molecule has 5 nitrogen and oxygen atoms in total. The molecule has 1 fully saturated rings. The van der Waals surface area contributed by atoms with E-state index in [1.54, 1.807) is 4.90 Å². The fraction of sp³-hybridized carbons (Fsp3) is 0.273. The van der Waals surface area contributed by atoms with Gasteiger partial charge in [0.2, 0.25) is 0 Å². The molecule has 150 valence electrons. The van der Waals surface area contributed by atoms with E-state index in [2.05, 4.69) is 4.98 Å². The highest BCUT2D eigenvalue weighted by Gasteiger charge is 2.36. The molecule has 1 aliphatic rings. The van der Waals surface area contributed by atoms with Crippen LogP contribution in [0.15, 0.2) is 60.7 Å². The zero-order valence-electron chi connectivity index (χ0n) is 16.1. The van der Waals surface area contributed by atoms with Crippen LogP contribution in [-0.2, 0) is 16.4 Å². The Bertz CT molecular complexity index is 1110. The maximum Gasteiger partial charge on any atom is 0.274 e. The van der Waals surface area contributed by atoms with Gasteiger partial charge in [0.1, 0.15) is 5.69 Å². The fourth-order valence-electron chi connectivity index (χ4n) is 3.66. The monoisotopic (exact) mass is 426 g/mol. The van der Waals surface area contributed by atoms with Crippen molar-refractivity contribution in [1.82, 2.24) is 9.88 Å². The molecule has 0 bridgehead atoms. The summed E-state index contributed by atoms with van der Waals surface area (Å²) in [7, 11) is -3.12. The quantitative estimate of drug-likeness (QED) is 0.620. The fourth-order valence-corrected chi connectivity index (χ4v) is 6.31. The molecule has 1 unspecified atom stereocenters. The van der Waals surface area contributed by atoms with Crippen molar-refractivity contribution in [3.05, 3.63) is 76.9 Å². The molecular weight excluding hydrogens is 404 g/mol. The van der Waals surface area contributed by atoms with Crippen molar-refractivity contribution in [2.75, 3.05) is 11.5 Å². The predicted octanol–water partition coefficient (Wildman–Crippen LogP) is 3.95. The van der Waals surface area contributed by atoms with Crippen LogP contribution in [-0.4, -0.2) is 41.8 Å². The SMILES string of the molecule is Cc1nc(C(=O)N(Cc2ccccc2)C2CCS(=O)(=O)C2)c(-c2ccccc2)s1. The third-order valence-corrected chi connectivity index (χ3v) is 7.85. The Hall–Kier alpha value is -2.51. The normalized spacial score (nSPS) is 17.9. The van der Waals surface area contributed by atoms with E-state index in [1.165, 1.54) is 11.3 Å². The van der Waals surface area contributed by atoms with E-state index in [1.807, 2.05) is 67.6 Å². The largest absolute Gasteiger partial charge is 0.329 e. The number of rotatable bonds is 5. The molecule has 29 heavy (non-hydrogen) atoms. The van der Waals surface area contributed by atoms with Gasteiger partial charge in [-0.15, -0.1) is 11.3 Å². The van der Waals surface area contributed by atoms with Crippen molar-refractivity contribution in [3.63, 3.8) is 0 Å². The van der Waals surface area contributed by atoms with E-state index >= 15 is 0 Å². The van der Waals surface area contributed by atoms with Gasteiger partial charge in [-0.25, -0.2) is 13.4 Å². The Morgan fingerprint density at radius 2 is 1.76 bits per heavy atom. The third-order valence-electron chi connectivity index (χ3n) is 5.08. The molecule has 2 aromatic carbocycles. The van der Waals surface area contributed by atoms with Crippen LogP contribution < -0.4 is 0 Å². The number of amides is 1. The van der Waals surface area contributed by atoms with Crippen LogP contribution in [0, 0.1) is 6.92 Å². The second-order valence-corrected chi connectivity index (χ2v) is 10.7. The first-order valence-electron chi connectivity index (χ1n) is 9.51. The van der Waals surface area contributed by atoms with Gasteiger partial charge in [0, 0.05) is 12.6 Å². The highest BCUT2D eigenvalue weighted by Crippen LogP contribution is 2.32. The summed E-state index contributed by atoms with van der Waals surface area (Å²) in [5.41, 5.74) is 2.32. The van der Waals surface area contributed by atoms with Gasteiger partial charge in [0.25, 0.3) is 5.91 Å². The Morgan fingerprint density at radius 3 is 2.38 bits per heavy atom. The summed E-state index contributed by atoms with van der Waals surface area (Å²) in [6, 6.07) is 19.1. The third kappa shape index (κ3) is 4.41. The summed E-state index contributed by atoms with van der Waals surface area (Å²) in [4.78, 5) is 20.7. The maximum atomic E-state index is 13.6. The molecule has 1 atom stereocenters. The zero-order valence-corrected chi connectivity index (χ0v) is 17.7. The van der Waals surface area contributed by atoms with Crippen molar-refractivity contribution >= 4 is 27.1 Å². The summed E-state index contributed by atoms with van der Waals surface area (Å²) < 4.78 is 24.2. The lowest BCUT2D eigenvalue weighted by molar-refractivity contribution is 0.0676. The van der Waals surface area contributed by atoms with Gasteiger partial charge in [-0.1, -0.05) is 60.7 Å². The summed E-state index contributed by atoms with van der Waals surface area (Å²) in [6.07, 6.45) is 0.463. The van der Waals surface area contributed by atoms with Crippen LogP contribution in [0.3, 0.4) is 0 Å². The first-order chi connectivity index (χ1) is 13.9. The summed E-state index contributed by atoms with van der Waals surface area (Å²) in [5.74, 6) is -0.0769. The van der Waals surface area contributed by atoms with Gasteiger partial charge in [0.05, 0.1) is 21.4 Å². The number of carbonyl (C=O) groups excluding carboxylic acids is 1. The number of benzene rings is 2. The number of hydrogen-bond donors (Lipinski definition) is 0. The first-order valence-corrected chi connectivity index (χ1v) is 12.1. The molecule has 0 radical (unpaired) electrons. The van der Waals surface area contributed by atoms with Crippen LogP contribution in [0.2, 0.25) is 0 Å². The van der Waals surface area contributed by atoms with Crippen LogP contribution in [0.1, 0.15) is 27.5 Å². The van der Waals surface area contributed by atoms with E-state index in [4.69, 9.17) is 0 Å². The molecule has 1 aliphatic heterocycles. The Balaban J connectivity index is 1.72. The van der Waals surface area contributed by atoms with Gasteiger partial charge >= 0.3 is 0 Å². The number of thiazole rings is 1. The number of hydrogen-bond acceptors (Lipinski definition) is 5. The summed E-state index contributed by atoms with van der Waals surface area (Å²) in [5, 5.41) is 0.811. The van der Waals surface area contributed by atoms with E-state index in [9.17, 15) is 13.2 Å². The molecule has 0 aliphatic carbocycles. The molecule has 3 aromatic rings. The Kier molecular flexibility index (Phi) is 5.52. The minimum Gasteiger partial charge on any atom is -0.329 e. The highest BCUT2D eigenvalue weighted by atomic mass is 32.2. The molecule has 7 heteroatoms. The lowest BCUT2D eigenvalue weighted by Crippen LogP contribution is -2.41. The molecular formula is C22H22N2O3S2. The van der Waals surface area contributed by atoms with Gasteiger partial charge < -0.3 is 4.90 Å². The molecule has 2 heterocycles. The van der Waals surface area contributed by atoms with Crippen LogP contribution in [0.5, 0.6) is 0 Å². The van der Waals surface area contributed by atoms with E-state index < -0.39 is 9.84 Å². The molecule has 1 saturated heterocycles. The Morgan fingerprint density at radius 1 is 1.10 bits per heavy atom. The van der Waals surface area contributed by atoms with Crippen molar-refractivity contribution in [3.8, 4) is 10.4 Å². The zero-order chi connectivity index (χ0) is 20.4. The molecule has 1 amide bonds. The first kappa shape index (κ1) is 19.8. The van der Waals surface area contributed by atoms with Crippen LogP contribution in [0.25, 0.3) is 10.4 Å². The number of nitrogens with zero attached hydrogens (tertiary/aromatic N) is 2. The average molecular weight is 427 g/mol. The smallest absolute Gasteiger partial charge is 0.274 e. The minimum absolute atomic E-state index is 0.00929. The Labute approximate surface area is 175 Å². The molecule has 0 saturated carbocycles. The molecule has 0 spiro atoms. The van der Waals surface area contributed by atoms with Crippen LogP contribution in [0.4, 0.5) is 0 Å². The molecule has 4 rings (SSSR count). The van der Waals surface area contributed by atoms with Crippen LogP contribution >= 0.6 is 11.3 Å². The van der Waals surface area contributed by atoms with Gasteiger partial charge in [0.15, 0.2) is 9.84 Å². The highest BCUT2D eigenvalue weighted by molar-refractivity contribution is 7.91. The number of aromatic nitrogens is 1. The lowest BCUT2D eigenvalue weighted by atomic mass is 10.1. The standard InChI is InChI=1S/C22H22N2O3S2/c1-16-23-20(21(28-16)18-10-6-3-7-11-18)22(25)24(14-17-8-4-2-5-9-17)19-12-13-29(26,27)15-19/h2-11,19H,12-15H2,1H3.